The first-order valence-corrected chi connectivity index (χ1v) is 10.2. The lowest BCUT2D eigenvalue weighted by Crippen LogP contribution is -2.39. The van der Waals surface area contributed by atoms with E-state index in [-0.39, 0.29) is 6.10 Å². The van der Waals surface area contributed by atoms with E-state index in [0.29, 0.717) is 0 Å². The molecule has 1 atom stereocenters. The summed E-state index contributed by atoms with van der Waals surface area (Å²) in [5.74, 6) is 0.784. The number of ether oxygens (including phenoxy) is 1. The van der Waals surface area contributed by atoms with Crippen molar-refractivity contribution >= 4 is 11.0 Å². The molecule has 0 aliphatic carbocycles. The Morgan fingerprint density at radius 2 is 1.67 bits per heavy atom. The number of aromatic nitrogens is 2. The summed E-state index contributed by atoms with van der Waals surface area (Å²) in [6, 6.07) is 17.3. The van der Waals surface area contributed by atoms with Crippen LogP contribution in [0.2, 0.25) is 0 Å². The van der Waals surface area contributed by atoms with Gasteiger partial charge in [0.2, 0.25) is 0 Å². The van der Waals surface area contributed by atoms with Crippen LogP contribution in [0.1, 0.15) is 12.8 Å². The van der Waals surface area contributed by atoms with Gasteiger partial charge in [0.05, 0.1) is 4.90 Å². The Bertz CT molecular complexity index is 898. The highest BCUT2D eigenvalue weighted by Gasteiger charge is 2.25. The molecule has 0 amide bonds. The topological polar surface area (TPSA) is 55.3 Å². The summed E-state index contributed by atoms with van der Waals surface area (Å²) in [7, 11) is -1.11. The van der Waals surface area contributed by atoms with Gasteiger partial charge in [-0.2, -0.15) is 0 Å². The summed E-state index contributed by atoms with van der Waals surface area (Å²) >= 11 is 0. The van der Waals surface area contributed by atoms with Crippen molar-refractivity contribution in [2.24, 2.45) is 0 Å². The fourth-order valence-corrected chi connectivity index (χ4v) is 4.42. The molecule has 2 aromatic heterocycles. The summed E-state index contributed by atoms with van der Waals surface area (Å²) < 4.78 is 21.0. The van der Waals surface area contributed by atoms with Gasteiger partial charge in [-0.15, -0.1) is 0 Å². The maximum Gasteiger partial charge on any atom is 0.145 e. The lowest BCUT2D eigenvalue weighted by atomic mass is 10.1. The molecule has 27 heavy (non-hydrogen) atoms. The third-order valence-electron chi connectivity index (χ3n) is 4.60. The van der Waals surface area contributed by atoms with E-state index in [1.165, 1.54) is 0 Å². The highest BCUT2D eigenvalue weighted by molar-refractivity contribution is 7.82. The molecule has 1 fully saturated rings. The van der Waals surface area contributed by atoms with Crippen LogP contribution in [0.4, 0.5) is 0 Å². The van der Waals surface area contributed by atoms with Gasteiger partial charge in [0.25, 0.3) is 0 Å². The highest BCUT2D eigenvalue weighted by atomic mass is 32.2. The average Bonchev–Trinajstić information content (AvgIpc) is 2.75. The first-order valence-electron chi connectivity index (χ1n) is 9.05. The van der Waals surface area contributed by atoms with E-state index >= 15 is 0 Å². The van der Waals surface area contributed by atoms with Crippen molar-refractivity contribution in [1.29, 1.82) is 0 Å². The molecule has 4 rings (SSSR count). The summed E-state index contributed by atoms with van der Waals surface area (Å²) in [6.07, 6.45) is 7.05. The number of hydrogen-bond donors (Lipinski definition) is 0. The van der Waals surface area contributed by atoms with Gasteiger partial charge in [-0.05, 0) is 49.2 Å². The van der Waals surface area contributed by atoms with Crippen LogP contribution in [0.5, 0.6) is 5.75 Å². The van der Waals surface area contributed by atoms with Crippen molar-refractivity contribution in [2.45, 2.75) is 23.8 Å². The van der Waals surface area contributed by atoms with Gasteiger partial charge in [-0.3, -0.25) is 9.97 Å². The monoisotopic (exact) mass is 379 g/mol. The van der Waals surface area contributed by atoms with Crippen molar-refractivity contribution in [3.63, 3.8) is 0 Å². The molecular weight excluding hydrogens is 358 g/mol. The zero-order chi connectivity index (χ0) is 18.5. The van der Waals surface area contributed by atoms with Crippen molar-refractivity contribution in [3.05, 3.63) is 73.2 Å². The molecule has 3 aromatic rings. The zero-order valence-electron chi connectivity index (χ0n) is 14.9. The quantitative estimate of drug-likeness (QED) is 0.678. The summed E-state index contributed by atoms with van der Waals surface area (Å²) in [5.41, 5.74) is 1.82. The Hall–Kier alpha value is -2.57. The minimum atomic E-state index is -1.11. The number of rotatable bonds is 5. The highest BCUT2D eigenvalue weighted by Crippen LogP contribution is 2.29. The average molecular weight is 379 g/mol. The number of piperidine rings is 1. The van der Waals surface area contributed by atoms with Gasteiger partial charge < -0.3 is 4.74 Å². The van der Waals surface area contributed by atoms with Gasteiger partial charge in [0.1, 0.15) is 28.5 Å². The van der Waals surface area contributed by atoms with E-state index in [1.807, 2.05) is 58.9 Å². The molecule has 6 heteroatoms. The Morgan fingerprint density at radius 1 is 0.926 bits per heavy atom. The Balaban J connectivity index is 1.41. The normalized spacial score (nSPS) is 16.7. The van der Waals surface area contributed by atoms with Gasteiger partial charge in [0, 0.05) is 37.2 Å². The van der Waals surface area contributed by atoms with E-state index in [2.05, 4.69) is 9.97 Å². The smallest absolute Gasteiger partial charge is 0.145 e. The molecule has 3 heterocycles. The van der Waals surface area contributed by atoms with Crippen LogP contribution in [0.25, 0.3) is 11.3 Å². The third kappa shape index (κ3) is 4.23. The maximum atomic E-state index is 12.7. The van der Waals surface area contributed by atoms with Crippen molar-refractivity contribution in [1.82, 2.24) is 14.3 Å². The molecule has 1 aliphatic rings. The van der Waals surface area contributed by atoms with Crippen molar-refractivity contribution in [2.75, 3.05) is 13.1 Å². The predicted molar refractivity (Wildman–Crippen MR) is 106 cm³/mol. The molecule has 0 saturated carbocycles. The zero-order valence-corrected chi connectivity index (χ0v) is 15.7. The van der Waals surface area contributed by atoms with Crippen LogP contribution < -0.4 is 4.74 Å². The van der Waals surface area contributed by atoms with Crippen LogP contribution in [0.3, 0.4) is 0 Å². The molecule has 5 nitrogen and oxygen atoms in total. The molecule has 0 radical (unpaired) electrons. The maximum absolute atomic E-state index is 12.7. The number of pyridine rings is 2. The molecule has 0 N–H and O–H groups in total. The number of hydrogen-bond acceptors (Lipinski definition) is 4. The fraction of sp³-hybridized carbons (Fsp3) is 0.238. The predicted octanol–water partition coefficient (Wildman–Crippen LogP) is 3.71. The lowest BCUT2D eigenvalue weighted by molar-refractivity contribution is 0.137. The molecule has 1 unspecified atom stereocenters. The SMILES string of the molecule is O=S(c1ccccc1)N1CCC(Oc2cccnc2-c2ccncc2)CC1. The largest absolute Gasteiger partial charge is 0.488 e. The minimum absolute atomic E-state index is 0.0961. The van der Waals surface area contributed by atoms with E-state index in [1.54, 1.807) is 18.6 Å². The number of benzene rings is 1. The second kappa shape index (κ2) is 8.41. The minimum Gasteiger partial charge on any atom is -0.488 e. The third-order valence-corrected chi connectivity index (χ3v) is 6.11. The summed E-state index contributed by atoms with van der Waals surface area (Å²) in [4.78, 5) is 9.40. The molecule has 1 aliphatic heterocycles. The Labute approximate surface area is 161 Å². The van der Waals surface area contributed by atoms with Crippen molar-refractivity contribution in [3.8, 4) is 17.0 Å². The van der Waals surface area contributed by atoms with Gasteiger partial charge in [-0.25, -0.2) is 8.51 Å². The first kappa shape index (κ1) is 17.8. The molecular formula is C21H21N3O2S. The number of nitrogens with zero attached hydrogens (tertiary/aromatic N) is 3. The molecule has 0 bridgehead atoms. The van der Waals surface area contributed by atoms with Gasteiger partial charge in [0.15, 0.2) is 0 Å². The van der Waals surface area contributed by atoms with E-state index in [9.17, 15) is 4.21 Å². The van der Waals surface area contributed by atoms with Gasteiger partial charge >= 0.3 is 0 Å². The molecule has 0 spiro atoms. The molecule has 1 saturated heterocycles. The summed E-state index contributed by atoms with van der Waals surface area (Å²) in [5, 5.41) is 0. The van der Waals surface area contributed by atoms with Crippen LogP contribution in [0, 0.1) is 0 Å². The fourth-order valence-electron chi connectivity index (χ4n) is 3.19. The molecule has 1 aromatic carbocycles. The van der Waals surface area contributed by atoms with Crippen LogP contribution in [-0.4, -0.2) is 37.7 Å². The van der Waals surface area contributed by atoms with E-state index < -0.39 is 11.0 Å². The Kier molecular flexibility index (Phi) is 5.55. The van der Waals surface area contributed by atoms with E-state index in [4.69, 9.17) is 4.74 Å². The molecule has 138 valence electrons. The van der Waals surface area contributed by atoms with Crippen LogP contribution in [0.15, 0.2) is 78.1 Å². The second-order valence-electron chi connectivity index (χ2n) is 6.39. The summed E-state index contributed by atoms with van der Waals surface area (Å²) in [6.45, 7) is 1.49. The Morgan fingerprint density at radius 3 is 2.41 bits per heavy atom. The second-order valence-corrected chi connectivity index (χ2v) is 7.88. The van der Waals surface area contributed by atoms with E-state index in [0.717, 1.165) is 47.8 Å². The first-order chi connectivity index (χ1) is 13.3. The lowest BCUT2D eigenvalue weighted by Gasteiger charge is -2.31. The van der Waals surface area contributed by atoms with Crippen LogP contribution in [-0.2, 0) is 11.0 Å². The van der Waals surface area contributed by atoms with Crippen molar-refractivity contribution < 1.29 is 8.95 Å². The van der Waals surface area contributed by atoms with Gasteiger partial charge in [-0.1, -0.05) is 18.2 Å². The van der Waals surface area contributed by atoms with Crippen LogP contribution >= 0.6 is 0 Å². The standard InChI is InChI=1S/C21H21N3O2S/c25-27(19-5-2-1-3-6-19)24-15-10-18(11-16-24)26-20-7-4-12-23-21(20)17-8-13-22-14-9-17/h1-9,12-14,18H,10-11,15-16H2.